The van der Waals surface area contributed by atoms with Gasteiger partial charge in [0.1, 0.15) is 30.6 Å². The van der Waals surface area contributed by atoms with Crippen molar-refractivity contribution in [1.82, 2.24) is 4.98 Å². The molecule has 0 radical (unpaired) electrons. The number of fused-ring (bicyclic) bond motifs is 1. The molecule has 0 bridgehead atoms. The van der Waals surface area contributed by atoms with Crippen LogP contribution in [0.15, 0.2) is 41.8 Å². The lowest BCUT2D eigenvalue weighted by Gasteiger charge is -2.21. The van der Waals surface area contributed by atoms with E-state index >= 15 is 0 Å². The Morgan fingerprint density at radius 1 is 1.21 bits per heavy atom. The zero-order valence-electron chi connectivity index (χ0n) is 14.9. The van der Waals surface area contributed by atoms with Crippen LogP contribution in [-0.2, 0) is 11.3 Å². The molecule has 0 N–H and O–H groups in total. The second kappa shape index (κ2) is 7.85. The molecule has 6 nitrogen and oxygen atoms in total. The molecule has 0 spiro atoms. The predicted molar refractivity (Wildman–Crippen MR) is 101 cm³/mol. The van der Waals surface area contributed by atoms with Gasteiger partial charge in [0.05, 0.1) is 18.4 Å². The van der Waals surface area contributed by atoms with Gasteiger partial charge in [0.2, 0.25) is 5.75 Å². The monoisotopic (exact) mass is 401 g/mol. The lowest BCUT2D eigenvalue weighted by molar-refractivity contribution is 0.0467. The van der Waals surface area contributed by atoms with E-state index < -0.39 is 5.97 Å². The van der Waals surface area contributed by atoms with E-state index in [-0.39, 0.29) is 12.4 Å². The summed E-state index contributed by atoms with van der Waals surface area (Å²) in [5.74, 6) is 0.519. The third-order valence-electron chi connectivity index (χ3n) is 4.06. The van der Waals surface area contributed by atoms with Gasteiger partial charge in [-0.1, -0.05) is 0 Å². The average Bonchev–Trinajstić information content (AvgIpc) is 3.20. The summed E-state index contributed by atoms with van der Waals surface area (Å²) in [6.07, 6.45) is 0. The SMILES string of the molecule is COc1cc(C(=O)OCc2csc(-c3ccc(F)cc3)n2)cc2c1OCCO2. The number of nitrogens with zero attached hydrogens (tertiary/aromatic N) is 1. The summed E-state index contributed by atoms with van der Waals surface area (Å²) in [5.41, 5.74) is 1.72. The molecule has 1 aliphatic rings. The molecule has 0 atom stereocenters. The zero-order chi connectivity index (χ0) is 19.5. The summed E-state index contributed by atoms with van der Waals surface area (Å²) in [5, 5.41) is 2.53. The van der Waals surface area contributed by atoms with Gasteiger partial charge < -0.3 is 18.9 Å². The average molecular weight is 401 g/mol. The number of hydrogen-bond acceptors (Lipinski definition) is 7. The largest absolute Gasteiger partial charge is 0.493 e. The summed E-state index contributed by atoms with van der Waals surface area (Å²) < 4.78 is 34.7. The van der Waals surface area contributed by atoms with E-state index in [1.165, 1.54) is 30.6 Å². The second-order valence-corrected chi connectivity index (χ2v) is 6.79. The number of carbonyl (C=O) groups excluding carboxylic acids is 1. The van der Waals surface area contributed by atoms with Crippen LogP contribution in [0.3, 0.4) is 0 Å². The standard InChI is InChI=1S/C20H16FNO5S/c1-24-16-8-13(9-17-18(16)26-7-6-25-17)20(23)27-10-15-11-28-19(22-15)12-2-4-14(21)5-3-12/h2-5,8-9,11H,6-7,10H2,1H3. The maximum absolute atomic E-state index is 13.0. The number of aromatic nitrogens is 1. The molecule has 3 aromatic rings. The highest BCUT2D eigenvalue weighted by Gasteiger charge is 2.21. The number of esters is 1. The predicted octanol–water partition coefficient (Wildman–Crippen LogP) is 4.09. The number of hydrogen-bond donors (Lipinski definition) is 0. The van der Waals surface area contributed by atoms with Crippen molar-refractivity contribution in [3.63, 3.8) is 0 Å². The van der Waals surface area contributed by atoms with Crippen LogP contribution < -0.4 is 14.2 Å². The van der Waals surface area contributed by atoms with E-state index in [1.807, 2.05) is 0 Å². The Labute approximate surface area is 164 Å². The molecule has 144 valence electrons. The highest BCUT2D eigenvalue weighted by molar-refractivity contribution is 7.13. The number of halogens is 1. The Hall–Kier alpha value is -3.13. The van der Waals surface area contributed by atoms with E-state index in [9.17, 15) is 9.18 Å². The molecule has 28 heavy (non-hydrogen) atoms. The molecule has 0 aliphatic carbocycles. The fourth-order valence-corrected chi connectivity index (χ4v) is 3.52. The van der Waals surface area contributed by atoms with Crippen molar-refractivity contribution in [2.45, 2.75) is 6.61 Å². The van der Waals surface area contributed by atoms with Crippen molar-refractivity contribution < 1.29 is 28.1 Å². The molecule has 0 saturated carbocycles. The fraction of sp³-hybridized carbons (Fsp3) is 0.200. The summed E-state index contributed by atoms with van der Waals surface area (Å²) in [6.45, 7) is 0.848. The van der Waals surface area contributed by atoms with Crippen LogP contribution >= 0.6 is 11.3 Å². The van der Waals surface area contributed by atoms with E-state index in [0.717, 1.165) is 10.6 Å². The lowest BCUT2D eigenvalue weighted by atomic mass is 10.1. The molecule has 0 unspecified atom stereocenters. The lowest BCUT2D eigenvalue weighted by Crippen LogP contribution is -2.17. The van der Waals surface area contributed by atoms with Gasteiger partial charge in [0, 0.05) is 10.9 Å². The first-order valence-electron chi connectivity index (χ1n) is 8.49. The molecule has 1 aromatic heterocycles. The highest BCUT2D eigenvalue weighted by Crippen LogP contribution is 2.40. The van der Waals surface area contributed by atoms with Crippen LogP contribution in [0.1, 0.15) is 16.1 Å². The van der Waals surface area contributed by atoms with Gasteiger partial charge in [-0.05, 0) is 36.4 Å². The molecule has 0 amide bonds. The minimum Gasteiger partial charge on any atom is -0.493 e. The first kappa shape index (κ1) is 18.2. The first-order valence-corrected chi connectivity index (χ1v) is 9.37. The smallest absolute Gasteiger partial charge is 0.338 e. The van der Waals surface area contributed by atoms with Crippen LogP contribution in [0, 0.1) is 5.82 Å². The normalized spacial score (nSPS) is 12.5. The van der Waals surface area contributed by atoms with E-state index in [1.54, 1.807) is 29.6 Å². The maximum atomic E-state index is 13.0. The van der Waals surface area contributed by atoms with Gasteiger partial charge in [-0.25, -0.2) is 14.2 Å². The minimum atomic E-state index is -0.522. The number of ether oxygens (including phenoxy) is 4. The summed E-state index contributed by atoms with van der Waals surface area (Å²) in [6, 6.07) is 9.21. The maximum Gasteiger partial charge on any atom is 0.338 e. The van der Waals surface area contributed by atoms with Crippen LogP contribution in [0.2, 0.25) is 0 Å². The van der Waals surface area contributed by atoms with Gasteiger partial charge in [-0.15, -0.1) is 11.3 Å². The third-order valence-corrected chi connectivity index (χ3v) is 5.00. The number of rotatable bonds is 5. The highest BCUT2D eigenvalue weighted by atomic mass is 32.1. The molecule has 2 heterocycles. The summed E-state index contributed by atoms with van der Waals surface area (Å²) >= 11 is 1.40. The van der Waals surface area contributed by atoms with Crippen molar-refractivity contribution in [2.24, 2.45) is 0 Å². The quantitative estimate of drug-likeness (QED) is 0.600. The molecule has 2 aromatic carbocycles. The second-order valence-electron chi connectivity index (χ2n) is 5.93. The molecule has 1 aliphatic heterocycles. The molecule has 0 saturated heterocycles. The number of methoxy groups -OCH3 is 1. The van der Waals surface area contributed by atoms with Gasteiger partial charge in [0.25, 0.3) is 0 Å². The van der Waals surface area contributed by atoms with Crippen LogP contribution in [0.25, 0.3) is 10.6 Å². The minimum absolute atomic E-state index is 0.0211. The van der Waals surface area contributed by atoms with Crippen molar-refractivity contribution in [2.75, 3.05) is 20.3 Å². The third kappa shape index (κ3) is 3.77. The number of benzene rings is 2. The van der Waals surface area contributed by atoms with Crippen LogP contribution in [0.4, 0.5) is 4.39 Å². The first-order chi connectivity index (χ1) is 13.6. The Kier molecular flexibility index (Phi) is 5.12. The molecule has 0 fully saturated rings. The van der Waals surface area contributed by atoms with Crippen molar-refractivity contribution in [3.05, 3.63) is 58.9 Å². The summed E-state index contributed by atoms with van der Waals surface area (Å²) in [7, 11) is 1.49. The molecule has 8 heteroatoms. The van der Waals surface area contributed by atoms with Gasteiger partial charge >= 0.3 is 5.97 Å². The van der Waals surface area contributed by atoms with E-state index in [0.29, 0.717) is 41.7 Å². The Morgan fingerprint density at radius 2 is 2.00 bits per heavy atom. The number of carbonyl (C=O) groups is 1. The van der Waals surface area contributed by atoms with Gasteiger partial charge in [-0.3, -0.25) is 0 Å². The van der Waals surface area contributed by atoms with Gasteiger partial charge in [0.15, 0.2) is 11.5 Å². The van der Waals surface area contributed by atoms with Crippen molar-refractivity contribution in [1.29, 1.82) is 0 Å². The molecular formula is C20H16FNO5S. The van der Waals surface area contributed by atoms with E-state index in [2.05, 4.69) is 4.98 Å². The van der Waals surface area contributed by atoms with Crippen LogP contribution in [0.5, 0.6) is 17.2 Å². The number of thiazole rings is 1. The van der Waals surface area contributed by atoms with E-state index in [4.69, 9.17) is 18.9 Å². The Balaban J connectivity index is 1.45. The Bertz CT molecular complexity index is 985. The summed E-state index contributed by atoms with van der Waals surface area (Å²) in [4.78, 5) is 16.9. The Morgan fingerprint density at radius 3 is 2.79 bits per heavy atom. The molecular weight excluding hydrogens is 385 g/mol. The van der Waals surface area contributed by atoms with Gasteiger partial charge in [-0.2, -0.15) is 0 Å². The molecule has 4 rings (SSSR count). The van der Waals surface area contributed by atoms with Crippen molar-refractivity contribution in [3.8, 4) is 27.8 Å². The van der Waals surface area contributed by atoms with Crippen LogP contribution in [-0.4, -0.2) is 31.3 Å². The van der Waals surface area contributed by atoms with Crippen molar-refractivity contribution >= 4 is 17.3 Å². The topological polar surface area (TPSA) is 66.9 Å². The zero-order valence-corrected chi connectivity index (χ0v) is 15.8. The fourth-order valence-electron chi connectivity index (χ4n) is 2.71.